The van der Waals surface area contributed by atoms with Crippen LogP contribution < -0.4 is 5.32 Å². The summed E-state index contributed by atoms with van der Waals surface area (Å²) in [6.07, 6.45) is -0.0739. The molecule has 112 valence electrons. The highest BCUT2D eigenvalue weighted by Crippen LogP contribution is 2.10. The van der Waals surface area contributed by atoms with Gasteiger partial charge in [-0.3, -0.25) is 5.32 Å². The zero-order valence-corrected chi connectivity index (χ0v) is 12.1. The van der Waals surface area contributed by atoms with E-state index in [1.165, 1.54) is 13.0 Å². The van der Waals surface area contributed by atoms with Crippen molar-refractivity contribution in [3.05, 3.63) is 29.8 Å². The lowest BCUT2D eigenvalue weighted by atomic mass is 10.2. The van der Waals surface area contributed by atoms with Gasteiger partial charge < -0.3 is 9.47 Å². The van der Waals surface area contributed by atoms with Crippen LogP contribution in [0.5, 0.6) is 0 Å². The van der Waals surface area contributed by atoms with Crippen LogP contribution >= 0.6 is 0 Å². The van der Waals surface area contributed by atoms with E-state index in [9.17, 15) is 9.59 Å². The number of nitrogens with zero attached hydrogens (tertiary/aromatic N) is 1. The first kappa shape index (κ1) is 16.5. The molecule has 0 fully saturated rings. The first-order chi connectivity index (χ1) is 10.1. The lowest BCUT2D eigenvalue weighted by Crippen LogP contribution is -2.28. The number of ether oxygens (including phenoxy) is 2. The van der Waals surface area contributed by atoms with Gasteiger partial charge in [-0.2, -0.15) is 5.26 Å². The maximum Gasteiger partial charge on any atom is 0.412 e. The smallest absolute Gasteiger partial charge is 0.412 e. The Morgan fingerprint density at radius 1 is 1.43 bits per heavy atom. The second-order valence-electron chi connectivity index (χ2n) is 4.39. The van der Waals surface area contributed by atoms with Gasteiger partial charge in [-0.15, -0.1) is 0 Å². The number of nitrogens with one attached hydrogen (secondary N) is 1. The van der Waals surface area contributed by atoms with E-state index in [4.69, 9.17) is 14.7 Å². The largest absolute Gasteiger partial charge is 0.463 e. The minimum atomic E-state index is -0.985. The van der Waals surface area contributed by atoms with Crippen LogP contribution in [0, 0.1) is 11.3 Å². The molecule has 1 aromatic carbocycles. The topological polar surface area (TPSA) is 88.4 Å². The van der Waals surface area contributed by atoms with Gasteiger partial charge in [-0.05, 0) is 31.5 Å². The van der Waals surface area contributed by atoms with Crippen molar-refractivity contribution in [1.29, 1.82) is 5.26 Å². The Morgan fingerprint density at radius 3 is 2.86 bits per heavy atom. The molecule has 6 nitrogen and oxygen atoms in total. The molecule has 6 heteroatoms. The van der Waals surface area contributed by atoms with Crippen molar-refractivity contribution >= 4 is 17.7 Å². The molecule has 0 radical (unpaired) electrons. The van der Waals surface area contributed by atoms with Crippen LogP contribution in [0.3, 0.4) is 0 Å². The summed E-state index contributed by atoms with van der Waals surface area (Å²) in [5, 5.41) is 11.2. The van der Waals surface area contributed by atoms with Gasteiger partial charge in [-0.25, -0.2) is 9.59 Å². The fourth-order valence-electron chi connectivity index (χ4n) is 1.46. The molecule has 0 bridgehead atoms. The van der Waals surface area contributed by atoms with Crippen molar-refractivity contribution in [2.75, 3.05) is 11.9 Å². The highest BCUT2D eigenvalue weighted by atomic mass is 16.6. The number of anilines is 1. The lowest BCUT2D eigenvalue weighted by molar-refractivity contribution is -0.152. The van der Waals surface area contributed by atoms with E-state index in [0.717, 1.165) is 12.8 Å². The summed E-state index contributed by atoms with van der Waals surface area (Å²) in [6.45, 7) is 3.74. The fourth-order valence-corrected chi connectivity index (χ4v) is 1.46. The molecule has 1 N–H and O–H groups in total. The minimum Gasteiger partial charge on any atom is -0.463 e. The number of amides is 1. The molecular formula is C15H18N2O4. The van der Waals surface area contributed by atoms with Crippen LogP contribution in [0.4, 0.5) is 10.5 Å². The standard InChI is InChI=1S/C15H18N2O4/c1-3-4-8-20-14(18)11(2)21-15(19)17-13-7-5-6-12(9-13)10-16/h5-7,9,11H,3-4,8H2,1-2H3,(H,17,19)/t11-/m0/s1. The summed E-state index contributed by atoms with van der Waals surface area (Å²) < 4.78 is 9.86. The first-order valence-corrected chi connectivity index (χ1v) is 6.71. The molecule has 1 atom stereocenters. The third kappa shape index (κ3) is 5.95. The maximum atomic E-state index is 11.6. The van der Waals surface area contributed by atoms with E-state index < -0.39 is 18.2 Å². The van der Waals surface area contributed by atoms with E-state index in [2.05, 4.69) is 5.32 Å². The predicted molar refractivity (Wildman–Crippen MR) is 76.6 cm³/mol. The summed E-state index contributed by atoms with van der Waals surface area (Å²) in [6, 6.07) is 8.34. The van der Waals surface area contributed by atoms with Crippen LogP contribution in [0.25, 0.3) is 0 Å². The lowest BCUT2D eigenvalue weighted by Gasteiger charge is -2.13. The molecule has 0 aliphatic rings. The quantitative estimate of drug-likeness (QED) is 0.643. The summed E-state index contributed by atoms with van der Waals surface area (Å²) in [7, 11) is 0. The summed E-state index contributed by atoms with van der Waals surface area (Å²) in [4.78, 5) is 23.2. The number of esters is 1. The molecule has 1 rings (SSSR count). The molecule has 21 heavy (non-hydrogen) atoms. The first-order valence-electron chi connectivity index (χ1n) is 6.71. The Bertz CT molecular complexity index is 537. The second kappa shape index (κ2) is 8.59. The molecule has 0 unspecified atom stereocenters. The van der Waals surface area contributed by atoms with Crippen LogP contribution in [-0.4, -0.2) is 24.8 Å². The maximum absolute atomic E-state index is 11.6. The second-order valence-corrected chi connectivity index (χ2v) is 4.39. The van der Waals surface area contributed by atoms with Crippen LogP contribution in [-0.2, 0) is 14.3 Å². The monoisotopic (exact) mass is 290 g/mol. The van der Waals surface area contributed by atoms with Gasteiger partial charge in [0.2, 0.25) is 0 Å². The zero-order valence-electron chi connectivity index (χ0n) is 12.1. The number of carbonyl (C=O) groups is 2. The zero-order chi connectivity index (χ0) is 15.7. The van der Waals surface area contributed by atoms with E-state index in [-0.39, 0.29) is 0 Å². The number of benzene rings is 1. The molecule has 0 aliphatic heterocycles. The molecule has 0 saturated heterocycles. The minimum absolute atomic E-state index is 0.314. The number of nitriles is 1. The van der Waals surface area contributed by atoms with E-state index >= 15 is 0 Å². The predicted octanol–water partition coefficient (Wildman–Crippen LogP) is 2.84. The molecule has 1 aromatic rings. The highest BCUT2D eigenvalue weighted by molar-refractivity contribution is 5.87. The number of carbonyl (C=O) groups excluding carboxylic acids is 2. The molecule has 0 aromatic heterocycles. The number of rotatable bonds is 6. The fraction of sp³-hybridized carbons (Fsp3) is 0.400. The van der Waals surface area contributed by atoms with Crippen molar-refractivity contribution in [3.8, 4) is 6.07 Å². The average molecular weight is 290 g/mol. The highest BCUT2D eigenvalue weighted by Gasteiger charge is 2.19. The third-order valence-corrected chi connectivity index (χ3v) is 2.60. The van der Waals surface area contributed by atoms with Gasteiger partial charge >= 0.3 is 12.1 Å². The molecule has 0 heterocycles. The van der Waals surface area contributed by atoms with Crippen LogP contribution in [0.2, 0.25) is 0 Å². The third-order valence-electron chi connectivity index (χ3n) is 2.60. The van der Waals surface area contributed by atoms with Crippen LogP contribution in [0.15, 0.2) is 24.3 Å². The van der Waals surface area contributed by atoms with Gasteiger partial charge in [0.1, 0.15) is 0 Å². The van der Waals surface area contributed by atoms with Crippen molar-refractivity contribution in [3.63, 3.8) is 0 Å². The Hall–Kier alpha value is -2.55. The Labute approximate surface area is 123 Å². The normalized spacial score (nSPS) is 11.1. The van der Waals surface area contributed by atoms with Gasteiger partial charge in [0.25, 0.3) is 0 Å². The summed E-state index contributed by atoms with van der Waals surface area (Å²) in [5.41, 5.74) is 0.838. The number of hydrogen-bond donors (Lipinski definition) is 1. The summed E-state index contributed by atoms with van der Waals surface area (Å²) in [5.74, 6) is -0.579. The van der Waals surface area contributed by atoms with Gasteiger partial charge in [0, 0.05) is 5.69 Å². The van der Waals surface area contributed by atoms with Crippen molar-refractivity contribution in [1.82, 2.24) is 0 Å². The van der Waals surface area contributed by atoms with Crippen molar-refractivity contribution in [2.45, 2.75) is 32.8 Å². The van der Waals surface area contributed by atoms with Gasteiger partial charge in [0.15, 0.2) is 6.10 Å². The van der Waals surface area contributed by atoms with E-state index in [1.807, 2.05) is 13.0 Å². The molecule has 0 aliphatic carbocycles. The van der Waals surface area contributed by atoms with Crippen molar-refractivity contribution < 1.29 is 19.1 Å². The van der Waals surface area contributed by atoms with Crippen LogP contribution in [0.1, 0.15) is 32.3 Å². The van der Waals surface area contributed by atoms with Crippen molar-refractivity contribution in [2.24, 2.45) is 0 Å². The molecule has 0 saturated carbocycles. The molecule has 1 amide bonds. The SMILES string of the molecule is CCCCOC(=O)[C@H](C)OC(=O)Nc1cccc(C#N)c1. The molecular weight excluding hydrogens is 272 g/mol. The Morgan fingerprint density at radius 2 is 2.19 bits per heavy atom. The molecule has 0 spiro atoms. The Kier molecular flexibility index (Phi) is 6.75. The van der Waals surface area contributed by atoms with Gasteiger partial charge in [-0.1, -0.05) is 19.4 Å². The Balaban J connectivity index is 2.45. The van der Waals surface area contributed by atoms with E-state index in [1.54, 1.807) is 18.2 Å². The number of hydrogen-bond acceptors (Lipinski definition) is 5. The van der Waals surface area contributed by atoms with Gasteiger partial charge in [0.05, 0.1) is 18.2 Å². The average Bonchev–Trinajstić information content (AvgIpc) is 2.47. The summed E-state index contributed by atoms with van der Waals surface area (Å²) >= 11 is 0. The van der Waals surface area contributed by atoms with E-state index in [0.29, 0.717) is 17.9 Å². The number of unbranched alkanes of at least 4 members (excludes halogenated alkanes) is 1.